The average molecular weight is 254 g/mol. The van der Waals surface area contributed by atoms with Crippen LogP contribution >= 0.6 is 11.8 Å². The summed E-state index contributed by atoms with van der Waals surface area (Å²) >= 11 is 1.49. The molecule has 1 heterocycles. The molecule has 4 nitrogen and oxygen atoms in total. The highest BCUT2D eigenvalue weighted by Gasteiger charge is 2.27. The number of carbonyl (C=O) groups is 1. The summed E-state index contributed by atoms with van der Waals surface area (Å²) in [6.45, 7) is 3.90. The lowest BCUT2D eigenvalue weighted by Crippen LogP contribution is -2.22. The predicted molar refractivity (Wildman–Crippen MR) is 68.1 cm³/mol. The molecule has 2 rings (SSSR count). The summed E-state index contributed by atoms with van der Waals surface area (Å²) in [5, 5.41) is 8.78. The Labute approximate surface area is 105 Å². The van der Waals surface area contributed by atoms with E-state index in [0.29, 0.717) is 6.04 Å². The van der Waals surface area contributed by atoms with Crippen LogP contribution in [0, 0.1) is 5.92 Å². The first-order chi connectivity index (χ1) is 8.09. The Morgan fingerprint density at radius 3 is 2.88 bits per heavy atom. The van der Waals surface area contributed by atoms with Crippen molar-refractivity contribution in [3.8, 4) is 0 Å². The molecule has 1 aliphatic carbocycles. The van der Waals surface area contributed by atoms with Gasteiger partial charge < -0.3 is 9.67 Å². The summed E-state index contributed by atoms with van der Waals surface area (Å²) in [5.41, 5.74) is 1.14. The van der Waals surface area contributed by atoms with Crippen molar-refractivity contribution in [1.29, 1.82) is 0 Å². The number of aromatic nitrogens is 2. The fraction of sp³-hybridized carbons (Fsp3) is 0.667. The Morgan fingerprint density at radius 2 is 2.35 bits per heavy atom. The molecule has 1 fully saturated rings. The smallest absolute Gasteiger partial charge is 0.316 e. The van der Waals surface area contributed by atoms with E-state index in [1.165, 1.54) is 24.6 Å². The van der Waals surface area contributed by atoms with Gasteiger partial charge >= 0.3 is 5.97 Å². The van der Waals surface area contributed by atoms with Gasteiger partial charge in [0, 0.05) is 23.7 Å². The molecule has 0 aromatic carbocycles. The minimum atomic E-state index is -0.720. The number of rotatable bonds is 6. The second kappa shape index (κ2) is 5.12. The Bertz CT molecular complexity index is 399. The third-order valence-electron chi connectivity index (χ3n) is 2.95. The van der Waals surface area contributed by atoms with E-state index in [1.54, 1.807) is 0 Å². The molecule has 1 unspecified atom stereocenters. The molecule has 1 aromatic rings. The molecule has 5 heteroatoms. The van der Waals surface area contributed by atoms with Gasteiger partial charge in [-0.05, 0) is 18.8 Å². The SMILES string of the molecule is CC(C)C(SCc1cncn1C1CC1)C(=O)O. The van der Waals surface area contributed by atoms with Gasteiger partial charge in [-0.1, -0.05) is 13.8 Å². The van der Waals surface area contributed by atoms with Crippen LogP contribution in [0.4, 0.5) is 0 Å². The molecular weight excluding hydrogens is 236 g/mol. The number of thioether (sulfide) groups is 1. The zero-order valence-corrected chi connectivity index (χ0v) is 11.0. The first-order valence-corrected chi connectivity index (χ1v) is 6.99. The van der Waals surface area contributed by atoms with Crippen molar-refractivity contribution in [1.82, 2.24) is 9.55 Å². The molecule has 0 aliphatic heterocycles. The lowest BCUT2D eigenvalue weighted by atomic mass is 10.1. The van der Waals surface area contributed by atoms with E-state index in [9.17, 15) is 4.79 Å². The number of nitrogens with zero attached hydrogens (tertiary/aromatic N) is 2. The molecule has 94 valence electrons. The fourth-order valence-electron chi connectivity index (χ4n) is 1.85. The summed E-state index contributed by atoms with van der Waals surface area (Å²) in [6, 6.07) is 0.607. The average Bonchev–Trinajstić information content (AvgIpc) is 2.98. The highest BCUT2D eigenvalue weighted by atomic mass is 32.2. The molecule has 0 bridgehead atoms. The van der Waals surface area contributed by atoms with Crippen molar-refractivity contribution in [2.24, 2.45) is 5.92 Å². The van der Waals surface area contributed by atoms with E-state index < -0.39 is 5.97 Å². The van der Waals surface area contributed by atoms with Crippen molar-refractivity contribution >= 4 is 17.7 Å². The second-order valence-electron chi connectivity index (χ2n) is 4.84. The number of imidazole rings is 1. The molecule has 0 spiro atoms. The van der Waals surface area contributed by atoms with Gasteiger partial charge in [0.15, 0.2) is 0 Å². The van der Waals surface area contributed by atoms with Crippen molar-refractivity contribution in [2.75, 3.05) is 0 Å². The maximum Gasteiger partial charge on any atom is 0.316 e. The largest absolute Gasteiger partial charge is 0.480 e. The van der Waals surface area contributed by atoms with Crippen molar-refractivity contribution in [3.63, 3.8) is 0 Å². The van der Waals surface area contributed by atoms with Crippen molar-refractivity contribution in [3.05, 3.63) is 18.2 Å². The molecular formula is C12H18N2O2S. The summed E-state index contributed by atoms with van der Waals surface area (Å²) in [6.07, 6.45) is 6.16. The summed E-state index contributed by atoms with van der Waals surface area (Å²) < 4.78 is 2.19. The van der Waals surface area contributed by atoms with E-state index in [1.807, 2.05) is 26.4 Å². The maximum absolute atomic E-state index is 11.1. The molecule has 1 aliphatic rings. The number of carboxylic acids is 1. The fourth-order valence-corrected chi connectivity index (χ4v) is 2.95. The van der Waals surface area contributed by atoms with E-state index in [4.69, 9.17) is 5.11 Å². The van der Waals surface area contributed by atoms with Crippen molar-refractivity contribution in [2.45, 2.75) is 43.7 Å². The van der Waals surface area contributed by atoms with Gasteiger partial charge in [0.2, 0.25) is 0 Å². The predicted octanol–water partition coefficient (Wildman–Crippen LogP) is 2.56. The molecule has 0 saturated heterocycles. The van der Waals surface area contributed by atoms with Crippen LogP contribution in [0.1, 0.15) is 38.4 Å². The first-order valence-electron chi connectivity index (χ1n) is 5.94. The summed E-state index contributed by atoms with van der Waals surface area (Å²) in [5.74, 6) is 0.156. The number of aliphatic carboxylic acids is 1. The highest BCUT2D eigenvalue weighted by molar-refractivity contribution is 7.99. The van der Waals surface area contributed by atoms with Crippen LogP contribution in [0.25, 0.3) is 0 Å². The van der Waals surface area contributed by atoms with Crippen LogP contribution in [0.3, 0.4) is 0 Å². The minimum Gasteiger partial charge on any atom is -0.480 e. The molecule has 1 N–H and O–H groups in total. The standard InChI is InChI=1S/C12H18N2O2S/c1-8(2)11(12(15)16)17-6-10-5-13-7-14(10)9-3-4-9/h5,7-9,11H,3-4,6H2,1-2H3,(H,15,16). The minimum absolute atomic E-state index is 0.148. The lowest BCUT2D eigenvalue weighted by Gasteiger charge is -2.16. The van der Waals surface area contributed by atoms with Gasteiger partial charge in [-0.3, -0.25) is 4.79 Å². The van der Waals surface area contributed by atoms with Gasteiger partial charge in [0.1, 0.15) is 5.25 Å². The zero-order chi connectivity index (χ0) is 12.4. The van der Waals surface area contributed by atoms with Gasteiger partial charge in [-0.25, -0.2) is 4.98 Å². The van der Waals surface area contributed by atoms with Crippen molar-refractivity contribution < 1.29 is 9.90 Å². The quantitative estimate of drug-likeness (QED) is 0.847. The van der Waals surface area contributed by atoms with Gasteiger partial charge in [0.05, 0.1) is 6.33 Å². The second-order valence-corrected chi connectivity index (χ2v) is 5.97. The molecule has 1 aromatic heterocycles. The van der Waals surface area contributed by atoms with Gasteiger partial charge in [-0.2, -0.15) is 0 Å². The molecule has 0 radical (unpaired) electrons. The van der Waals surface area contributed by atoms with Gasteiger partial charge in [0.25, 0.3) is 0 Å². The third-order valence-corrected chi connectivity index (χ3v) is 4.51. The number of carboxylic acid groups (broad SMARTS) is 1. The van der Waals surface area contributed by atoms with E-state index in [-0.39, 0.29) is 11.2 Å². The number of hydrogen-bond acceptors (Lipinski definition) is 3. The van der Waals surface area contributed by atoms with Crippen LogP contribution in [0.5, 0.6) is 0 Å². The first kappa shape index (κ1) is 12.5. The van der Waals surface area contributed by atoms with Crippen LogP contribution in [-0.2, 0) is 10.5 Å². The van der Waals surface area contributed by atoms with E-state index in [0.717, 1.165) is 11.4 Å². The summed E-state index contributed by atoms with van der Waals surface area (Å²) in [7, 11) is 0. The third kappa shape index (κ3) is 3.03. The zero-order valence-electron chi connectivity index (χ0n) is 10.2. The Balaban J connectivity index is 1.96. The van der Waals surface area contributed by atoms with Crippen LogP contribution in [0.15, 0.2) is 12.5 Å². The highest BCUT2D eigenvalue weighted by Crippen LogP contribution is 2.36. The summed E-state index contributed by atoms with van der Waals surface area (Å²) in [4.78, 5) is 15.2. The van der Waals surface area contributed by atoms with E-state index >= 15 is 0 Å². The maximum atomic E-state index is 11.1. The molecule has 1 atom stereocenters. The number of hydrogen-bond donors (Lipinski definition) is 1. The van der Waals surface area contributed by atoms with Gasteiger partial charge in [-0.15, -0.1) is 11.8 Å². The normalized spacial score (nSPS) is 17.4. The van der Waals surface area contributed by atoms with E-state index in [2.05, 4.69) is 9.55 Å². The van der Waals surface area contributed by atoms with Crippen LogP contribution < -0.4 is 0 Å². The topological polar surface area (TPSA) is 55.1 Å². The Morgan fingerprint density at radius 1 is 1.65 bits per heavy atom. The Kier molecular flexibility index (Phi) is 3.76. The molecule has 0 amide bonds. The molecule has 1 saturated carbocycles. The van der Waals surface area contributed by atoms with Crippen LogP contribution in [0.2, 0.25) is 0 Å². The Hall–Kier alpha value is -0.970. The van der Waals surface area contributed by atoms with Crippen LogP contribution in [-0.4, -0.2) is 25.9 Å². The molecule has 17 heavy (non-hydrogen) atoms. The lowest BCUT2D eigenvalue weighted by molar-refractivity contribution is -0.137. The monoisotopic (exact) mass is 254 g/mol.